The van der Waals surface area contributed by atoms with Gasteiger partial charge in [-0.2, -0.15) is 0 Å². The summed E-state index contributed by atoms with van der Waals surface area (Å²) in [5.41, 5.74) is 0.463. The summed E-state index contributed by atoms with van der Waals surface area (Å²) in [7, 11) is 4.81. The van der Waals surface area contributed by atoms with E-state index in [4.69, 9.17) is 9.15 Å². The highest BCUT2D eigenvalue weighted by atomic mass is 16.5. The molecule has 1 aromatic heterocycles. The Labute approximate surface area is 194 Å². The van der Waals surface area contributed by atoms with Gasteiger partial charge in [-0.1, -0.05) is 12.1 Å². The quantitative estimate of drug-likeness (QED) is 0.558. The molecule has 0 bridgehead atoms. The van der Waals surface area contributed by atoms with Crippen LogP contribution in [0.3, 0.4) is 0 Å². The molecule has 1 atom stereocenters. The minimum atomic E-state index is -1.62. The molecule has 3 aromatic rings. The summed E-state index contributed by atoms with van der Waals surface area (Å²) in [4.78, 5) is 53.6. The smallest absolute Gasteiger partial charge is 0.322 e. The number of carbonyl (C=O) groups is 4. The second-order valence-electron chi connectivity index (χ2n) is 8.56. The van der Waals surface area contributed by atoms with Crippen molar-refractivity contribution in [2.45, 2.75) is 12.1 Å². The van der Waals surface area contributed by atoms with Gasteiger partial charge in [-0.25, -0.2) is 4.79 Å². The lowest BCUT2D eigenvalue weighted by Gasteiger charge is -2.29. The van der Waals surface area contributed by atoms with E-state index in [0.29, 0.717) is 27.8 Å². The number of fused-ring (bicyclic) bond motifs is 2. The fraction of sp³-hybridized carbons (Fsp3) is 0.250. The molecule has 10 heteroatoms. The minimum absolute atomic E-state index is 0.135. The zero-order valence-corrected chi connectivity index (χ0v) is 18.8. The van der Waals surface area contributed by atoms with Crippen LogP contribution in [-0.2, 0) is 16.9 Å². The number of nitrogens with one attached hydrogen (secondary N) is 2. The number of carbonyl (C=O) groups excluding carboxylic acids is 4. The number of amides is 5. The van der Waals surface area contributed by atoms with E-state index in [-0.39, 0.29) is 30.7 Å². The van der Waals surface area contributed by atoms with Gasteiger partial charge in [-0.15, -0.1) is 0 Å². The predicted molar refractivity (Wildman–Crippen MR) is 120 cm³/mol. The molecule has 0 unspecified atom stereocenters. The van der Waals surface area contributed by atoms with E-state index in [2.05, 4.69) is 10.6 Å². The van der Waals surface area contributed by atoms with E-state index in [9.17, 15) is 19.2 Å². The van der Waals surface area contributed by atoms with Gasteiger partial charge in [0.25, 0.3) is 17.7 Å². The lowest BCUT2D eigenvalue weighted by molar-refractivity contribution is -0.125. The van der Waals surface area contributed by atoms with Gasteiger partial charge in [-0.3, -0.25) is 19.7 Å². The van der Waals surface area contributed by atoms with Crippen molar-refractivity contribution in [3.63, 3.8) is 0 Å². The third kappa shape index (κ3) is 3.26. The normalized spacial score (nSPS) is 19.3. The number of furan rings is 1. The Morgan fingerprint density at radius 1 is 1.15 bits per heavy atom. The summed E-state index contributed by atoms with van der Waals surface area (Å²) in [6.45, 7) is 0.133. The maximum absolute atomic E-state index is 13.1. The first kappa shape index (κ1) is 21.5. The number of methoxy groups -OCH3 is 1. The Bertz CT molecular complexity index is 1380. The Morgan fingerprint density at radius 3 is 2.62 bits per heavy atom. The molecular formula is C24H22N4O6. The number of imide groups is 1. The van der Waals surface area contributed by atoms with Crippen LogP contribution in [0.2, 0.25) is 0 Å². The van der Waals surface area contributed by atoms with E-state index < -0.39 is 17.5 Å². The number of nitrogens with zero attached hydrogens (tertiary/aromatic N) is 2. The van der Waals surface area contributed by atoms with E-state index >= 15 is 0 Å². The van der Waals surface area contributed by atoms with Gasteiger partial charge >= 0.3 is 6.03 Å². The van der Waals surface area contributed by atoms with Gasteiger partial charge in [0.05, 0.1) is 13.7 Å². The molecular weight excluding hydrogens is 440 g/mol. The molecule has 0 spiro atoms. The summed E-state index contributed by atoms with van der Waals surface area (Å²) in [5.74, 6) is -0.380. The molecule has 0 saturated carbocycles. The number of hydrogen-bond donors (Lipinski definition) is 2. The monoisotopic (exact) mass is 462 g/mol. The van der Waals surface area contributed by atoms with Crippen LogP contribution < -0.4 is 15.4 Å². The summed E-state index contributed by atoms with van der Waals surface area (Å²) in [6, 6.07) is 11.1. The third-order valence-electron chi connectivity index (χ3n) is 6.16. The van der Waals surface area contributed by atoms with Crippen LogP contribution in [0.1, 0.15) is 32.0 Å². The molecule has 5 rings (SSSR count). The van der Waals surface area contributed by atoms with Gasteiger partial charge in [0.15, 0.2) is 5.54 Å². The molecule has 34 heavy (non-hydrogen) atoms. The first-order valence-electron chi connectivity index (χ1n) is 10.6. The van der Waals surface area contributed by atoms with Crippen molar-refractivity contribution >= 4 is 34.7 Å². The zero-order valence-electron chi connectivity index (χ0n) is 18.8. The topological polar surface area (TPSA) is 121 Å². The second kappa shape index (κ2) is 7.62. The van der Waals surface area contributed by atoms with E-state index in [1.165, 1.54) is 16.9 Å². The molecule has 0 aliphatic carbocycles. The molecule has 2 aromatic carbocycles. The van der Waals surface area contributed by atoms with Crippen LogP contribution in [0.4, 0.5) is 4.79 Å². The van der Waals surface area contributed by atoms with Crippen LogP contribution >= 0.6 is 0 Å². The van der Waals surface area contributed by atoms with Crippen molar-refractivity contribution in [3.05, 3.63) is 64.9 Å². The van der Waals surface area contributed by atoms with E-state index in [1.807, 2.05) is 0 Å². The van der Waals surface area contributed by atoms with E-state index in [0.717, 1.165) is 5.56 Å². The van der Waals surface area contributed by atoms with Crippen molar-refractivity contribution in [2.24, 2.45) is 0 Å². The zero-order chi connectivity index (χ0) is 24.2. The average molecular weight is 462 g/mol. The Balaban J connectivity index is 1.53. The highest BCUT2D eigenvalue weighted by Crippen LogP contribution is 2.35. The van der Waals surface area contributed by atoms with Crippen LogP contribution in [-0.4, -0.2) is 61.3 Å². The van der Waals surface area contributed by atoms with Crippen molar-refractivity contribution in [2.75, 3.05) is 27.7 Å². The highest BCUT2D eigenvalue weighted by molar-refractivity contribution is 6.08. The number of urea groups is 1. The summed E-state index contributed by atoms with van der Waals surface area (Å²) >= 11 is 0. The number of hydrogen-bond acceptors (Lipinski definition) is 6. The molecule has 1 fully saturated rings. The van der Waals surface area contributed by atoms with E-state index in [1.54, 1.807) is 56.6 Å². The maximum atomic E-state index is 13.1. The Morgan fingerprint density at radius 2 is 1.94 bits per heavy atom. The SMILES string of the molecule is COc1ccc2c(c1)C(=O)N(C[C@@]1(c3cc4ccc(C(=O)N(C)C)cc4o3)NC(=O)NC1=O)C2. The van der Waals surface area contributed by atoms with Gasteiger partial charge in [0.2, 0.25) is 0 Å². The van der Waals surface area contributed by atoms with Crippen LogP contribution in [0.25, 0.3) is 11.0 Å². The fourth-order valence-electron chi connectivity index (χ4n) is 4.37. The largest absolute Gasteiger partial charge is 0.497 e. The molecule has 3 heterocycles. The van der Waals surface area contributed by atoms with Gasteiger partial charge in [0, 0.05) is 37.2 Å². The van der Waals surface area contributed by atoms with Gasteiger partial charge in [-0.05, 0) is 35.9 Å². The Hall–Kier alpha value is -4.34. The Kier molecular flexibility index (Phi) is 4.82. The lowest BCUT2D eigenvalue weighted by atomic mass is 9.95. The first-order valence-corrected chi connectivity index (χ1v) is 10.6. The summed E-state index contributed by atoms with van der Waals surface area (Å²) in [5, 5.41) is 5.57. The number of rotatable bonds is 5. The number of ether oxygens (including phenoxy) is 1. The second-order valence-corrected chi connectivity index (χ2v) is 8.56. The fourth-order valence-corrected chi connectivity index (χ4v) is 4.37. The number of benzene rings is 2. The lowest BCUT2D eigenvalue weighted by Crippen LogP contribution is -2.52. The summed E-state index contributed by atoms with van der Waals surface area (Å²) in [6.07, 6.45) is 0. The standard InChI is InChI=1S/C24H22N4O6/c1-27(2)20(29)14-5-4-13-9-19(34-18(13)8-14)24(22(31)25-23(32)26-24)12-28-11-15-6-7-16(33-3)10-17(15)21(28)30/h4-10H,11-12H2,1-3H3,(H2,25,26,31,32)/t24-/m0/s1. The van der Waals surface area contributed by atoms with Crippen molar-refractivity contribution < 1.29 is 28.3 Å². The van der Waals surface area contributed by atoms with Crippen LogP contribution in [0, 0.1) is 0 Å². The highest BCUT2D eigenvalue weighted by Gasteiger charge is 2.53. The van der Waals surface area contributed by atoms with Gasteiger partial charge < -0.3 is 24.3 Å². The first-order chi connectivity index (χ1) is 16.2. The summed E-state index contributed by atoms with van der Waals surface area (Å²) < 4.78 is 11.2. The van der Waals surface area contributed by atoms with Crippen molar-refractivity contribution in [1.29, 1.82) is 0 Å². The molecule has 2 aliphatic heterocycles. The van der Waals surface area contributed by atoms with Crippen LogP contribution in [0.5, 0.6) is 5.75 Å². The predicted octanol–water partition coefficient (Wildman–Crippen LogP) is 1.83. The molecule has 0 radical (unpaired) electrons. The average Bonchev–Trinajstić information content (AvgIpc) is 3.46. The molecule has 10 nitrogen and oxygen atoms in total. The van der Waals surface area contributed by atoms with Gasteiger partial charge in [0.1, 0.15) is 17.1 Å². The van der Waals surface area contributed by atoms with Crippen molar-refractivity contribution in [3.8, 4) is 5.75 Å². The molecule has 1 saturated heterocycles. The molecule has 174 valence electrons. The third-order valence-corrected chi connectivity index (χ3v) is 6.16. The molecule has 5 amide bonds. The molecule has 2 N–H and O–H groups in total. The molecule has 2 aliphatic rings. The van der Waals surface area contributed by atoms with Crippen molar-refractivity contribution in [1.82, 2.24) is 20.4 Å². The minimum Gasteiger partial charge on any atom is -0.497 e. The van der Waals surface area contributed by atoms with Crippen LogP contribution in [0.15, 0.2) is 46.9 Å². The maximum Gasteiger partial charge on any atom is 0.322 e.